The molecule has 6 rings (SSSR count). The monoisotopic (exact) mass is 440 g/mol. The van der Waals surface area contributed by atoms with E-state index in [9.17, 15) is 9.59 Å². The Morgan fingerprint density at radius 2 is 2.00 bits per heavy atom. The van der Waals surface area contributed by atoms with Crippen LogP contribution in [0.3, 0.4) is 0 Å². The molecule has 0 saturated carbocycles. The van der Waals surface area contributed by atoms with Crippen LogP contribution >= 0.6 is 0 Å². The third-order valence-electron chi connectivity index (χ3n) is 8.25. The van der Waals surface area contributed by atoms with Gasteiger partial charge in [0.25, 0.3) is 0 Å². The highest BCUT2D eigenvalue weighted by Crippen LogP contribution is 2.55. The Kier molecular flexibility index (Phi) is 4.13. The van der Waals surface area contributed by atoms with Crippen molar-refractivity contribution in [3.63, 3.8) is 0 Å². The topological polar surface area (TPSA) is 77.5 Å². The second-order valence-corrected chi connectivity index (χ2v) is 9.69. The number of likely N-dealkylation sites (tertiary alicyclic amines) is 1. The fourth-order valence-electron chi connectivity index (χ4n) is 6.26. The van der Waals surface area contributed by atoms with Crippen LogP contribution in [-0.4, -0.2) is 72.9 Å². The molecule has 0 N–H and O–H groups in total. The summed E-state index contributed by atoms with van der Waals surface area (Å²) in [4.78, 5) is 29.1. The molecule has 1 spiro atoms. The van der Waals surface area contributed by atoms with E-state index in [-0.39, 0.29) is 36.5 Å². The van der Waals surface area contributed by atoms with Crippen molar-refractivity contribution in [2.75, 3.05) is 34.0 Å². The standard InChI is InChI=1S/C24H28N2O6/c1-23(12-19(27)25(23)2)22(28)32-21-18(29-3)11-24-6-4-7-26(24)8-5-14-9-16-17(31-13-30-16)10-15(14)20(21)24/h9-11,20-21H,4-8,12-13H2,1-3H3/t20-,21-,23-,24+/m1/s1. The van der Waals surface area contributed by atoms with E-state index < -0.39 is 11.6 Å². The zero-order chi connectivity index (χ0) is 22.3. The van der Waals surface area contributed by atoms with Crippen LogP contribution in [0.1, 0.15) is 43.2 Å². The number of likely N-dealkylation sites (N-methyl/N-ethyl adjacent to an activating group) is 1. The maximum Gasteiger partial charge on any atom is 0.333 e. The molecule has 0 aromatic heterocycles. The summed E-state index contributed by atoms with van der Waals surface area (Å²) in [5, 5.41) is 0. The summed E-state index contributed by atoms with van der Waals surface area (Å²) >= 11 is 0. The lowest BCUT2D eigenvalue weighted by Gasteiger charge is -2.46. The predicted molar refractivity (Wildman–Crippen MR) is 113 cm³/mol. The fraction of sp³-hybridized carbons (Fsp3) is 0.583. The molecule has 170 valence electrons. The number of ether oxygens (including phenoxy) is 4. The number of hydrogen-bond acceptors (Lipinski definition) is 7. The molecule has 2 saturated heterocycles. The molecule has 2 fully saturated rings. The maximum atomic E-state index is 13.3. The van der Waals surface area contributed by atoms with E-state index in [2.05, 4.69) is 23.1 Å². The molecular formula is C24H28N2O6. The zero-order valence-electron chi connectivity index (χ0n) is 18.7. The molecule has 0 bridgehead atoms. The molecular weight excluding hydrogens is 412 g/mol. The number of methoxy groups -OCH3 is 1. The van der Waals surface area contributed by atoms with Gasteiger partial charge < -0.3 is 23.8 Å². The lowest BCUT2D eigenvalue weighted by atomic mass is 9.77. The molecule has 4 atom stereocenters. The molecule has 4 aliphatic heterocycles. The molecule has 0 radical (unpaired) electrons. The molecule has 1 aromatic rings. The van der Waals surface area contributed by atoms with Crippen molar-refractivity contribution in [1.29, 1.82) is 0 Å². The first-order valence-electron chi connectivity index (χ1n) is 11.3. The van der Waals surface area contributed by atoms with Crippen LogP contribution < -0.4 is 9.47 Å². The van der Waals surface area contributed by atoms with Crippen molar-refractivity contribution in [3.8, 4) is 11.5 Å². The summed E-state index contributed by atoms with van der Waals surface area (Å²) in [6.07, 6.45) is 4.74. The van der Waals surface area contributed by atoms with E-state index in [1.807, 2.05) is 0 Å². The SMILES string of the molecule is COC1=C[C@]23CCCN2CCc2cc4c(cc2[C@@H]3[C@@H]1OC(=O)[C@@]1(C)CC(=O)N1C)OCO4. The quantitative estimate of drug-likeness (QED) is 0.525. The van der Waals surface area contributed by atoms with Gasteiger partial charge in [-0.1, -0.05) is 0 Å². The number of β-lactam (4-membered cyclic amide) rings is 1. The Bertz CT molecular complexity index is 1050. The first-order chi connectivity index (χ1) is 15.4. The molecule has 0 unspecified atom stereocenters. The second kappa shape index (κ2) is 6.63. The molecule has 1 aromatic carbocycles. The van der Waals surface area contributed by atoms with Gasteiger partial charge in [0.15, 0.2) is 17.6 Å². The average molecular weight is 440 g/mol. The van der Waals surface area contributed by atoms with E-state index >= 15 is 0 Å². The maximum absolute atomic E-state index is 13.3. The third-order valence-corrected chi connectivity index (χ3v) is 8.25. The van der Waals surface area contributed by atoms with Gasteiger partial charge in [0.05, 0.1) is 25.0 Å². The number of esters is 1. The van der Waals surface area contributed by atoms with E-state index in [1.54, 1.807) is 21.1 Å². The third kappa shape index (κ3) is 2.47. The minimum Gasteiger partial charge on any atom is -0.497 e. The van der Waals surface area contributed by atoms with Crippen LogP contribution in [0, 0.1) is 0 Å². The smallest absolute Gasteiger partial charge is 0.333 e. The fourth-order valence-corrected chi connectivity index (χ4v) is 6.26. The van der Waals surface area contributed by atoms with Crippen molar-refractivity contribution in [1.82, 2.24) is 9.80 Å². The number of nitrogens with zero attached hydrogens (tertiary/aromatic N) is 2. The van der Waals surface area contributed by atoms with Gasteiger partial charge in [-0.3, -0.25) is 9.69 Å². The molecule has 5 aliphatic rings. The number of fused-ring (bicyclic) bond motifs is 3. The Labute approximate surface area is 187 Å². The van der Waals surface area contributed by atoms with Gasteiger partial charge in [-0.25, -0.2) is 4.79 Å². The van der Waals surface area contributed by atoms with E-state index in [0.717, 1.165) is 49.4 Å². The summed E-state index contributed by atoms with van der Waals surface area (Å²) in [5.74, 6) is 1.63. The van der Waals surface area contributed by atoms with Gasteiger partial charge in [-0.2, -0.15) is 0 Å². The van der Waals surface area contributed by atoms with Gasteiger partial charge in [-0.15, -0.1) is 0 Å². The largest absolute Gasteiger partial charge is 0.497 e. The Balaban J connectivity index is 1.44. The van der Waals surface area contributed by atoms with Crippen LogP contribution in [0.2, 0.25) is 0 Å². The van der Waals surface area contributed by atoms with Crippen molar-refractivity contribution in [2.24, 2.45) is 0 Å². The summed E-state index contributed by atoms with van der Waals surface area (Å²) in [7, 11) is 3.28. The van der Waals surface area contributed by atoms with Crippen LogP contribution in [-0.2, 0) is 25.5 Å². The van der Waals surface area contributed by atoms with Crippen LogP contribution in [0.5, 0.6) is 11.5 Å². The van der Waals surface area contributed by atoms with Gasteiger partial charge in [0.2, 0.25) is 12.7 Å². The van der Waals surface area contributed by atoms with Gasteiger partial charge in [0, 0.05) is 13.6 Å². The van der Waals surface area contributed by atoms with Crippen molar-refractivity contribution in [2.45, 2.75) is 55.7 Å². The molecule has 32 heavy (non-hydrogen) atoms. The minimum atomic E-state index is -0.941. The number of amides is 1. The number of carbonyl (C=O) groups is 2. The van der Waals surface area contributed by atoms with Gasteiger partial charge in [-0.05, 0) is 62.1 Å². The highest BCUT2D eigenvalue weighted by atomic mass is 16.7. The molecule has 1 aliphatic carbocycles. The summed E-state index contributed by atoms with van der Waals surface area (Å²) < 4.78 is 23.4. The van der Waals surface area contributed by atoms with E-state index in [1.165, 1.54) is 10.5 Å². The van der Waals surface area contributed by atoms with Crippen molar-refractivity contribution < 1.29 is 28.5 Å². The molecule has 1 amide bonds. The van der Waals surface area contributed by atoms with Crippen molar-refractivity contribution in [3.05, 3.63) is 35.1 Å². The summed E-state index contributed by atoms with van der Waals surface area (Å²) in [6, 6.07) is 4.15. The minimum absolute atomic E-state index is 0.0515. The molecule has 8 heteroatoms. The number of rotatable bonds is 3. The van der Waals surface area contributed by atoms with Crippen LogP contribution in [0.25, 0.3) is 0 Å². The van der Waals surface area contributed by atoms with Gasteiger partial charge >= 0.3 is 5.97 Å². The molecule has 8 nitrogen and oxygen atoms in total. The first-order valence-corrected chi connectivity index (χ1v) is 11.3. The average Bonchev–Trinajstić information content (AvgIpc) is 3.47. The second-order valence-electron chi connectivity index (χ2n) is 9.69. The Morgan fingerprint density at radius 3 is 2.72 bits per heavy atom. The number of hydrogen-bond donors (Lipinski definition) is 0. The van der Waals surface area contributed by atoms with Gasteiger partial charge in [0.1, 0.15) is 11.3 Å². The zero-order valence-corrected chi connectivity index (χ0v) is 18.7. The summed E-state index contributed by atoms with van der Waals surface area (Å²) in [6.45, 7) is 3.91. The highest BCUT2D eigenvalue weighted by Gasteiger charge is 2.60. The lowest BCUT2D eigenvalue weighted by molar-refractivity contribution is -0.180. The molecule has 4 heterocycles. The predicted octanol–water partition coefficient (Wildman–Crippen LogP) is 1.97. The van der Waals surface area contributed by atoms with E-state index in [4.69, 9.17) is 18.9 Å². The Morgan fingerprint density at radius 1 is 1.22 bits per heavy atom. The van der Waals surface area contributed by atoms with Crippen molar-refractivity contribution >= 4 is 11.9 Å². The van der Waals surface area contributed by atoms with Crippen LogP contribution in [0.4, 0.5) is 0 Å². The number of benzene rings is 1. The van der Waals surface area contributed by atoms with E-state index in [0.29, 0.717) is 5.76 Å². The normalized spacial score (nSPS) is 34.8. The summed E-state index contributed by atoms with van der Waals surface area (Å²) in [5.41, 5.74) is 1.12. The Hall–Kier alpha value is -2.74. The first kappa shape index (κ1) is 19.9. The number of carbonyl (C=O) groups excluding carboxylic acids is 2. The highest BCUT2D eigenvalue weighted by molar-refractivity contribution is 5.98. The van der Waals surface area contributed by atoms with Crippen LogP contribution in [0.15, 0.2) is 24.0 Å². The lowest BCUT2D eigenvalue weighted by Crippen LogP contribution is -2.65.